The number of carbonyl (C=O) groups excluding carboxylic acids is 1. The summed E-state index contributed by atoms with van der Waals surface area (Å²) in [6, 6.07) is 11.7. The van der Waals surface area contributed by atoms with Crippen molar-refractivity contribution in [2.45, 2.75) is 30.9 Å². The van der Waals surface area contributed by atoms with Crippen molar-refractivity contribution >= 4 is 17.5 Å². The average Bonchev–Trinajstić information content (AvgIpc) is 3.66. The van der Waals surface area contributed by atoms with Gasteiger partial charge in [0.15, 0.2) is 17.2 Å². The highest BCUT2D eigenvalue weighted by molar-refractivity contribution is 6.34. The van der Waals surface area contributed by atoms with Gasteiger partial charge < -0.3 is 25.3 Å². The van der Waals surface area contributed by atoms with Gasteiger partial charge in [0, 0.05) is 36.2 Å². The number of nitrogens with two attached hydrogens (primary N) is 1. The lowest BCUT2D eigenvalue weighted by Gasteiger charge is -2.35. The molecule has 3 aliphatic rings. The second kappa shape index (κ2) is 9.53. The third-order valence-corrected chi connectivity index (χ3v) is 8.44. The number of aryl methyl sites for hydroxylation is 1. The molecule has 3 N–H and O–H groups in total. The number of nitrogens with one attached hydrogen (secondary N) is 1. The van der Waals surface area contributed by atoms with E-state index in [1.54, 1.807) is 0 Å². The van der Waals surface area contributed by atoms with Crippen molar-refractivity contribution in [2.24, 2.45) is 12.8 Å². The molecule has 1 aromatic heterocycles. The van der Waals surface area contributed by atoms with Gasteiger partial charge in [0.25, 0.3) is 17.2 Å². The highest BCUT2D eigenvalue weighted by Crippen LogP contribution is 2.54. The molecule has 1 amide bonds. The molecule has 0 radical (unpaired) electrons. The quantitative estimate of drug-likeness (QED) is 0.303. The van der Waals surface area contributed by atoms with Crippen molar-refractivity contribution in [3.05, 3.63) is 92.5 Å². The number of benzene rings is 3. The first-order valence-electron chi connectivity index (χ1n) is 13.3. The number of hydrogen-bond acceptors (Lipinski definition) is 7. The monoisotopic (exact) mass is 592 g/mol. The van der Waals surface area contributed by atoms with Crippen molar-refractivity contribution in [1.82, 2.24) is 14.9 Å². The summed E-state index contributed by atoms with van der Waals surface area (Å²) in [6.45, 7) is 0.780. The van der Waals surface area contributed by atoms with Crippen LogP contribution in [-0.2, 0) is 19.1 Å². The largest absolute Gasteiger partial charge is 0.480 e. The van der Waals surface area contributed by atoms with Crippen LogP contribution in [0.4, 0.5) is 8.78 Å². The summed E-state index contributed by atoms with van der Waals surface area (Å²) >= 11 is 6.57. The predicted octanol–water partition coefficient (Wildman–Crippen LogP) is 4.96. The maximum atomic E-state index is 16.6. The van der Waals surface area contributed by atoms with E-state index >= 15 is 8.78 Å². The molecule has 3 aliphatic heterocycles. The van der Waals surface area contributed by atoms with Gasteiger partial charge in [-0.05, 0) is 31.0 Å². The Balaban J connectivity index is 1.45. The average molecular weight is 593 g/mol. The molecule has 12 heteroatoms. The van der Waals surface area contributed by atoms with Gasteiger partial charge in [0.1, 0.15) is 17.9 Å². The van der Waals surface area contributed by atoms with E-state index in [1.165, 1.54) is 19.4 Å². The van der Waals surface area contributed by atoms with E-state index in [2.05, 4.69) is 10.3 Å². The number of ether oxygens (including phenoxy) is 3. The summed E-state index contributed by atoms with van der Waals surface area (Å²) in [6.07, 6.45) is 3.11. The zero-order valence-electron chi connectivity index (χ0n) is 22.2. The first kappa shape index (κ1) is 26.4. The normalized spacial score (nSPS) is 20.1. The Morgan fingerprint density at radius 3 is 2.64 bits per heavy atom. The van der Waals surface area contributed by atoms with Crippen LogP contribution in [0.3, 0.4) is 0 Å². The van der Waals surface area contributed by atoms with Gasteiger partial charge in [-0.2, -0.15) is 4.98 Å². The van der Waals surface area contributed by atoms with Crippen molar-refractivity contribution in [2.75, 3.05) is 6.54 Å². The number of aromatic nitrogens is 2. The van der Waals surface area contributed by atoms with E-state index in [0.717, 1.165) is 35.6 Å². The topological polar surface area (TPSA) is 118 Å². The first-order chi connectivity index (χ1) is 20.2. The molecule has 214 valence electrons. The molecule has 4 aromatic rings. The van der Waals surface area contributed by atoms with Gasteiger partial charge in [-0.15, -0.1) is 0 Å². The zero-order valence-corrected chi connectivity index (χ0v) is 22.9. The molecule has 0 aliphatic carbocycles. The fourth-order valence-electron chi connectivity index (χ4n) is 6.11. The van der Waals surface area contributed by atoms with E-state index < -0.39 is 39.5 Å². The minimum Gasteiger partial charge on any atom is -0.480 e. The third kappa shape index (κ3) is 3.80. The minimum absolute atomic E-state index is 0.0806. The van der Waals surface area contributed by atoms with Crippen molar-refractivity contribution in [3.8, 4) is 40.0 Å². The Hall–Kier alpha value is -4.48. The Labute approximate surface area is 242 Å². The summed E-state index contributed by atoms with van der Waals surface area (Å²) in [4.78, 5) is 29.3. The number of halogens is 3. The second-order valence-electron chi connectivity index (χ2n) is 10.5. The van der Waals surface area contributed by atoms with Gasteiger partial charge in [-0.25, -0.2) is 8.78 Å². The molecule has 2 atom stereocenters. The second-order valence-corrected chi connectivity index (χ2v) is 10.9. The lowest BCUT2D eigenvalue weighted by atomic mass is 9.80. The number of fused-ring (bicyclic) bond motifs is 3. The Bertz CT molecular complexity index is 1860. The third-order valence-electron chi connectivity index (χ3n) is 8.07. The maximum Gasteiger partial charge on any atom is 0.300 e. The van der Waals surface area contributed by atoms with Crippen LogP contribution >= 0.6 is 11.6 Å². The lowest BCUT2D eigenvalue weighted by Crippen LogP contribution is -2.48. The fourth-order valence-corrected chi connectivity index (χ4v) is 6.37. The molecule has 0 saturated carbocycles. The summed E-state index contributed by atoms with van der Waals surface area (Å²) < 4.78 is 51.1. The molecule has 42 heavy (non-hydrogen) atoms. The number of carbonyl (C=O) groups is 1. The number of rotatable bonds is 4. The number of nitrogens with zero attached hydrogens (tertiary/aromatic N) is 2. The molecule has 7 rings (SSSR count). The Kier molecular flexibility index (Phi) is 6.00. The molecule has 4 heterocycles. The summed E-state index contributed by atoms with van der Waals surface area (Å²) in [5.41, 5.74) is 4.65. The number of amides is 1. The highest BCUT2D eigenvalue weighted by atomic mass is 35.5. The molecule has 1 saturated heterocycles. The van der Waals surface area contributed by atoms with Crippen LogP contribution in [0.2, 0.25) is 5.02 Å². The van der Waals surface area contributed by atoms with E-state index in [-0.39, 0.29) is 52.3 Å². The van der Waals surface area contributed by atoms with Crippen LogP contribution in [-0.4, -0.2) is 28.0 Å². The van der Waals surface area contributed by atoms with Gasteiger partial charge in [-0.1, -0.05) is 41.9 Å². The number of hydrogen-bond donors (Lipinski definition) is 2. The van der Waals surface area contributed by atoms with E-state index in [9.17, 15) is 9.59 Å². The lowest BCUT2D eigenvalue weighted by molar-refractivity contribution is 0.0539. The van der Waals surface area contributed by atoms with Crippen molar-refractivity contribution < 1.29 is 27.8 Å². The summed E-state index contributed by atoms with van der Waals surface area (Å²) in [5, 5.41) is 3.08. The summed E-state index contributed by atoms with van der Waals surface area (Å²) in [7, 11) is 1.46. The van der Waals surface area contributed by atoms with Crippen LogP contribution in [0.25, 0.3) is 11.1 Å². The van der Waals surface area contributed by atoms with E-state index in [1.807, 2.05) is 30.3 Å². The van der Waals surface area contributed by atoms with E-state index in [4.69, 9.17) is 31.5 Å². The molecular formula is C30H23ClF2N4O5. The van der Waals surface area contributed by atoms with Crippen LogP contribution in [0, 0.1) is 11.6 Å². The number of primary amides is 1. The van der Waals surface area contributed by atoms with E-state index in [0.29, 0.717) is 5.56 Å². The highest BCUT2D eigenvalue weighted by Gasteiger charge is 2.50. The molecule has 3 aromatic carbocycles. The molecular weight excluding hydrogens is 570 g/mol. The van der Waals surface area contributed by atoms with Crippen LogP contribution in [0.15, 0.2) is 53.6 Å². The Morgan fingerprint density at radius 1 is 1.14 bits per heavy atom. The standard InChI is InChI=1S/C30H23ClF2N4O5/c1-37-13-36-28-26(29(37)39)40-19-10-15(27(34)38)22(24(33)25(19)41-28)21-16-12-30(20-8-5-9-35-20,14-6-3-2-4-7-14)42-18(16)11-17(32)23(21)31/h2-4,6-7,10-11,13,20,35H,5,8-9,12H2,1H3,(H2,34,38)/t20-,30-/m0/s1. The fraction of sp³-hybridized carbons (Fsp3) is 0.233. The first-order valence-corrected chi connectivity index (χ1v) is 13.6. The summed E-state index contributed by atoms with van der Waals surface area (Å²) in [5.74, 6) is -4.08. The predicted molar refractivity (Wildman–Crippen MR) is 148 cm³/mol. The molecule has 0 spiro atoms. The smallest absolute Gasteiger partial charge is 0.300 e. The molecule has 9 nitrogen and oxygen atoms in total. The van der Waals surface area contributed by atoms with Crippen LogP contribution in [0.5, 0.6) is 28.9 Å². The maximum absolute atomic E-state index is 16.6. The molecule has 1 fully saturated rings. The van der Waals surface area contributed by atoms with Crippen molar-refractivity contribution in [1.29, 1.82) is 0 Å². The van der Waals surface area contributed by atoms with Gasteiger partial charge >= 0.3 is 0 Å². The SMILES string of the molecule is Cn1cnc2c(c1=O)Oc1cc(C(N)=O)c(-c3c(Cl)c(F)cc4c3C[C@](c3ccccc3)([C@@H]3CCCN3)O4)c(F)c1O2. The minimum atomic E-state index is -1.08. The van der Waals surface area contributed by atoms with Crippen LogP contribution < -0.4 is 30.8 Å². The van der Waals surface area contributed by atoms with Crippen molar-refractivity contribution in [3.63, 3.8) is 0 Å². The van der Waals surface area contributed by atoms with Gasteiger partial charge in [0.05, 0.1) is 16.6 Å². The van der Waals surface area contributed by atoms with Gasteiger partial charge in [0.2, 0.25) is 11.7 Å². The van der Waals surface area contributed by atoms with Gasteiger partial charge in [-0.3, -0.25) is 14.2 Å². The Morgan fingerprint density at radius 2 is 1.93 bits per heavy atom. The molecule has 0 unspecified atom stereocenters. The molecule has 0 bridgehead atoms. The zero-order chi connectivity index (χ0) is 29.3. The van der Waals surface area contributed by atoms with Crippen LogP contribution in [0.1, 0.15) is 34.3 Å².